The summed E-state index contributed by atoms with van der Waals surface area (Å²) in [5, 5.41) is 4.81. The fourth-order valence-corrected chi connectivity index (χ4v) is 2.01. The van der Waals surface area contributed by atoms with Crippen LogP contribution in [0.1, 0.15) is 0 Å². The minimum atomic E-state index is -0.141. The number of nitrogens with one attached hydrogen (secondary N) is 1. The number of benzene rings is 2. The number of nitrogens with zero attached hydrogens (tertiary/aromatic N) is 1. The van der Waals surface area contributed by atoms with Gasteiger partial charge in [-0.25, -0.2) is 0 Å². The van der Waals surface area contributed by atoms with E-state index in [9.17, 15) is 4.79 Å². The average molecular weight is 225 g/mol. The lowest BCUT2D eigenvalue weighted by molar-refractivity contribution is 0.873. The van der Waals surface area contributed by atoms with Gasteiger partial charge in [0.1, 0.15) is 0 Å². The number of rotatable bonds is 1. The third-order valence-corrected chi connectivity index (χ3v) is 2.78. The summed E-state index contributed by atoms with van der Waals surface area (Å²) in [6, 6.07) is 13.2. The third-order valence-electron chi connectivity index (χ3n) is 2.78. The Morgan fingerprint density at radius 1 is 1.06 bits per heavy atom. The molecule has 0 radical (unpaired) electrons. The van der Waals surface area contributed by atoms with E-state index >= 15 is 0 Å². The van der Waals surface area contributed by atoms with Crippen molar-refractivity contribution < 1.29 is 0 Å². The van der Waals surface area contributed by atoms with E-state index in [1.54, 1.807) is 10.9 Å². The molecule has 84 valence electrons. The van der Waals surface area contributed by atoms with Crippen LogP contribution in [-0.2, 0) is 0 Å². The highest BCUT2D eigenvalue weighted by atomic mass is 16.1. The number of aromatic amines is 1. The molecule has 0 aliphatic rings. The molecule has 1 aromatic heterocycles. The van der Waals surface area contributed by atoms with E-state index in [4.69, 9.17) is 5.73 Å². The number of hydrogen-bond acceptors (Lipinski definition) is 2. The van der Waals surface area contributed by atoms with E-state index in [1.165, 1.54) is 6.07 Å². The van der Waals surface area contributed by atoms with Gasteiger partial charge in [0.05, 0.1) is 11.4 Å². The minimum Gasteiger partial charge on any atom is -0.397 e. The van der Waals surface area contributed by atoms with Gasteiger partial charge in [-0.1, -0.05) is 30.3 Å². The topological polar surface area (TPSA) is 63.8 Å². The number of nitrogens with two attached hydrogens (primary N) is 1. The van der Waals surface area contributed by atoms with E-state index in [0.29, 0.717) is 5.69 Å². The maximum absolute atomic E-state index is 11.2. The molecule has 0 atom stereocenters. The molecular weight excluding hydrogens is 214 g/mol. The van der Waals surface area contributed by atoms with Gasteiger partial charge in [-0.3, -0.25) is 14.6 Å². The Bertz CT molecular complexity index is 740. The quantitative estimate of drug-likeness (QED) is 0.621. The number of H-pyrrole nitrogens is 1. The molecule has 3 N–H and O–H groups in total. The Morgan fingerprint density at radius 3 is 2.65 bits per heavy atom. The van der Waals surface area contributed by atoms with Crippen molar-refractivity contribution >= 4 is 16.5 Å². The van der Waals surface area contributed by atoms with Crippen molar-refractivity contribution in [3.8, 4) is 5.69 Å². The first-order valence-electron chi connectivity index (χ1n) is 5.31. The second-order valence-electron chi connectivity index (χ2n) is 3.89. The van der Waals surface area contributed by atoms with Gasteiger partial charge in [-0.2, -0.15) is 0 Å². The fourth-order valence-electron chi connectivity index (χ4n) is 2.01. The normalized spacial score (nSPS) is 10.8. The third kappa shape index (κ3) is 1.50. The molecular formula is C13H11N3O. The maximum Gasteiger partial charge on any atom is 0.264 e. The number of hydrogen-bond donors (Lipinski definition) is 2. The van der Waals surface area contributed by atoms with Crippen LogP contribution in [-0.4, -0.2) is 9.78 Å². The van der Waals surface area contributed by atoms with Gasteiger partial charge in [0.2, 0.25) is 0 Å². The van der Waals surface area contributed by atoms with Crippen LogP contribution in [0.15, 0.2) is 53.5 Å². The van der Waals surface area contributed by atoms with Gasteiger partial charge < -0.3 is 5.73 Å². The molecule has 0 aliphatic heterocycles. The predicted molar refractivity (Wildman–Crippen MR) is 68.3 cm³/mol. The summed E-state index contributed by atoms with van der Waals surface area (Å²) < 4.78 is 1.65. The molecule has 1 heterocycles. The number of aromatic nitrogens is 2. The van der Waals surface area contributed by atoms with Gasteiger partial charge in [-0.15, -0.1) is 0 Å². The maximum atomic E-state index is 11.2. The lowest BCUT2D eigenvalue weighted by Crippen LogP contribution is -2.06. The van der Waals surface area contributed by atoms with E-state index in [-0.39, 0.29) is 5.56 Å². The molecule has 0 spiro atoms. The van der Waals surface area contributed by atoms with Crippen LogP contribution in [0.5, 0.6) is 0 Å². The first-order valence-corrected chi connectivity index (χ1v) is 5.31. The molecule has 3 aromatic rings. The summed E-state index contributed by atoms with van der Waals surface area (Å²) in [5.41, 5.74) is 7.29. The zero-order valence-corrected chi connectivity index (χ0v) is 9.05. The molecule has 4 heteroatoms. The Labute approximate surface area is 97.3 Å². The Morgan fingerprint density at radius 2 is 1.88 bits per heavy atom. The summed E-state index contributed by atoms with van der Waals surface area (Å²) in [5.74, 6) is 0. The van der Waals surface area contributed by atoms with Gasteiger partial charge in [0, 0.05) is 17.6 Å². The van der Waals surface area contributed by atoms with E-state index in [1.807, 2.05) is 36.4 Å². The zero-order valence-electron chi connectivity index (χ0n) is 9.05. The minimum absolute atomic E-state index is 0.141. The van der Waals surface area contributed by atoms with Crippen LogP contribution in [0.3, 0.4) is 0 Å². The van der Waals surface area contributed by atoms with Gasteiger partial charge in [0.25, 0.3) is 5.56 Å². The van der Waals surface area contributed by atoms with Crippen LogP contribution < -0.4 is 11.3 Å². The van der Waals surface area contributed by atoms with Crippen LogP contribution in [0, 0.1) is 0 Å². The highest BCUT2D eigenvalue weighted by Gasteiger charge is 2.07. The number of nitrogen functional groups attached to an aromatic ring is 1. The van der Waals surface area contributed by atoms with Crippen LogP contribution in [0.4, 0.5) is 5.69 Å². The highest BCUT2D eigenvalue weighted by Crippen LogP contribution is 2.26. The van der Waals surface area contributed by atoms with Crippen molar-refractivity contribution in [1.29, 1.82) is 0 Å². The molecule has 0 saturated carbocycles. The fraction of sp³-hybridized carbons (Fsp3) is 0. The Kier molecular flexibility index (Phi) is 2.01. The molecule has 17 heavy (non-hydrogen) atoms. The van der Waals surface area contributed by atoms with Gasteiger partial charge in [0.15, 0.2) is 0 Å². The molecule has 2 aromatic carbocycles. The van der Waals surface area contributed by atoms with E-state index in [2.05, 4.69) is 5.10 Å². The molecule has 3 rings (SSSR count). The van der Waals surface area contributed by atoms with Crippen molar-refractivity contribution in [3.63, 3.8) is 0 Å². The summed E-state index contributed by atoms with van der Waals surface area (Å²) in [7, 11) is 0. The molecule has 0 bridgehead atoms. The van der Waals surface area contributed by atoms with Gasteiger partial charge >= 0.3 is 0 Å². The summed E-state index contributed by atoms with van der Waals surface area (Å²) >= 11 is 0. The number of anilines is 1. The summed E-state index contributed by atoms with van der Waals surface area (Å²) in [4.78, 5) is 11.2. The standard InChI is InChI=1S/C13H11N3O/c14-11-6-5-9-3-1-2-4-10(9)13(11)16-8-7-12(17)15-16/h1-8H,14H2,(H,15,17). The molecule has 0 amide bonds. The van der Waals surface area contributed by atoms with Crippen molar-refractivity contribution in [2.45, 2.75) is 0 Å². The lowest BCUT2D eigenvalue weighted by Gasteiger charge is -2.10. The Balaban J connectivity index is 2.41. The average Bonchev–Trinajstić information content (AvgIpc) is 2.75. The molecule has 0 fully saturated rings. The van der Waals surface area contributed by atoms with E-state index < -0.39 is 0 Å². The first kappa shape index (κ1) is 9.72. The zero-order chi connectivity index (χ0) is 11.8. The number of fused-ring (bicyclic) bond motifs is 1. The van der Waals surface area contributed by atoms with Crippen molar-refractivity contribution in [2.24, 2.45) is 0 Å². The lowest BCUT2D eigenvalue weighted by atomic mass is 10.1. The van der Waals surface area contributed by atoms with Crippen molar-refractivity contribution in [3.05, 3.63) is 59.0 Å². The SMILES string of the molecule is Nc1ccc2ccccc2c1-n1ccc(=O)[nH]1. The summed E-state index contributed by atoms with van der Waals surface area (Å²) in [6.07, 6.45) is 1.68. The van der Waals surface area contributed by atoms with Crippen molar-refractivity contribution in [1.82, 2.24) is 9.78 Å². The largest absolute Gasteiger partial charge is 0.397 e. The van der Waals surface area contributed by atoms with E-state index in [0.717, 1.165) is 16.5 Å². The molecule has 0 aliphatic carbocycles. The molecule has 0 unspecified atom stereocenters. The molecule has 0 saturated heterocycles. The summed E-state index contributed by atoms with van der Waals surface area (Å²) in [6.45, 7) is 0. The van der Waals surface area contributed by atoms with Crippen LogP contribution in [0.25, 0.3) is 16.5 Å². The van der Waals surface area contributed by atoms with Crippen LogP contribution >= 0.6 is 0 Å². The second kappa shape index (κ2) is 3.52. The predicted octanol–water partition coefficient (Wildman–Crippen LogP) is 1.90. The highest BCUT2D eigenvalue weighted by molar-refractivity contribution is 5.94. The smallest absolute Gasteiger partial charge is 0.264 e. The first-order chi connectivity index (χ1) is 8.25. The van der Waals surface area contributed by atoms with Crippen LogP contribution in [0.2, 0.25) is 0 Å². The second-order valence-corrected chi connectivity index (χ2v) is 3.89. The van der Waals surface area contributed by atoms with Gasteiger partial charge in [-0.05, 0) is 11.5 Å². The van der Waals surface area contributed by atoms with Crippen molar-refractivity contribution in [2.75, 3.05) is 5.73 Å². The monoisotopic (exact) mass is 225 g/mol. The Hall–Kier alpha value is -2.49. The molecule has 4 nitrogen and oxygen atoms in total.